The predicted molar refractivity (Wildman–Crippen MR) is 168 cm³/mol. The smallest absolute Gasteiger partial charge is 0.414 e. The van der Waals surface area contributed by atoms with Gasteiger partial charge in [-0.2, -0.15) is 0 Å². The molecule has 5 rings (SSSR count). The van der Waals surface area contributed by atoms with Crippen molar-refractivity contribution in [2.75, 3.05) is 72.0 Å². The molecule has 3 aliphatic rings. The summed E-state index contributed by atoms with van der Waals surface area (Å²) in [5, 5.41) is -0.0804. The van der Waals surface area contributed by atoms with Crippen molar-refractivity contribution < 1.29 is 27.5 Å². The number of allylic oxidation sites excluding steroid dienone is 1. The van der Waals surface area contributed by atoms with Gasteiger partial charge in [-0.25, -0.2) is 0 Å². The Kier molecular flexibility index (Phi) is 9.72. The highest BCUT2D eigenvalue weighted by Gasteiger charge is 2.50. The molecule has 0 spiro atoms. The van der Waals surface area contributed by atoms with Crippen molar-refractivity contribution in [1.82, 2.24) is 24.1 Å². The molecule has 1 aromatic heterocycles. The lowest BCUT2D eigenvalue weighted by Crippen LogP contribution is -2.55. The third-order valence-electron chi connectivity index (χ3n) is 8.26. The van der Waals surface area contributed by atoms with Crippen LogP contribution in [0, 0.1) is 0 Å². The van der Waals surface area contributed by atoms with Gasteiger partial charge in [0.25, 0.3) is 0 Å². The molecule has 0 bridgehead atoms. The van der Waals surface area contributed by atoms with E-state index in [2.05, 4.69) is 0 Å². The second kappa shape index (κ2) is 13.5. The third kappa shape index (κ3) is 7.11. The van der Waals surface area contributed by atoms with Crippen molar-refractivity contribution in [2.45, 2.75) is 0 Å². The van der Waals surface area contributed by atoms with E-state index in [1.165, 1.54) is 6.07 Å². The molecule has 45 heavy (non-hydrogen) atoms. The molecule has 12 nitrogen and oxygen atoms in total. The van der Waals surface area contributed by atoms with Crippen LogP contribution >= 0.6 is 11.6 Å². The van der Waals surface area contributed by atoms with E-state index in [0.717, 1.165) is 14.5 Å². The molecule has 3 amide bonds. The van der Waals surface area contributed by atoms with Crippen LogP contribution in [0.5, 0.6) is 0 Å². The summed E-state index contributed by atoms with van der Waals surface area (Å²) in [6.07, 6.45) is 3.36. The van der Waals surface area contributed by atoms with Crippen molar-refractivity contribution in [1.29, 1.82) is 0 Å². The third-order valence-corrected chi connectivity index (χ3v) is 8.57. The average molecular weight is 644 g/mol. The van der Waals surface area contributed by atoms with Crippen molar-refractivity contribution >= 4 is 47.7 Å². The minimum Gasteiger partial charge on any atom is -0.414 e. The zero-order valence-corrected chi connectivity index (χ0v) is 25.6. The number of amides is 3. The fourth-order valence-electron chi connectivity index (χ4n) is 6.22. The minimum absolute atomic E-state index is 0.00140. The van der Waals surface area contributed by atoms with E-state index in [0.29, 0.717) is 56.2 Å². The van der Waals surface area contributed by atoms with Crippen molar-refractivity contribution in [3.63, 3.8) is 0 Å². The van der Waals surface area contributed by atoms with Gasteiger partial charge in [-0.3, -0.25) is 34.0 Å². The first-order valence-electron chi connectivity index (χ1n) is 14.8. The summed E-state index contributed by atoms with van der Waals surface area (Å²) in [4.78, 5) is 42.9. The maximum atomic E-state index is 16.6. The lowest BCUT2D eigenvalue weighted by molar-refractivity contribution is -0.368. The SMILES string of the molecule is NC(=O)CN1CCN(CC(N)=O)CCN(C2=[N+]3C(=C(c4ccccc4)c4ccc(Cl)n4[B-]3(F)F)C=C2)CCN(CC(N)=O)CC1. The van der Waals surface area contributed by atoms with Crippen LogP contribution in [-0.2, 0) is 14.4 Å². The molecule has 1 aromatic carbocycles. The summed E-state index contributed by atoms with van der Waals surface area (Å²) in [6.45, 7) is -1.82. The van der Waals surface area contributed by atoms with Crippen LogP contribution in [0.3, 0.4) is 0 Å². The Morgan fingerprint density at radius 3 is 1.71 bits per heavy atom. The first-order chi connectivity index (χ1) is 21.5. The molecule has 0 saturated carbocycles. The Hall–Kier alpha value is -4.05. The summed E-state index contributed by atoms with van der Waals surface area (Å²) in [6, 6.07) is 12.4. The lowest BCUT2D eigenvalue weighted by Gasteiger charge is -2.37. The van der Waals surface area contributed by atoms with Crippen LogP contribution in [-0.4, -0.2) is 131 Å². The van der Waals surface area contributed by atoms with E-state index in [1.807, 2.05) is 49.9 Å². The van der Waals surface area contributed by atoms with Crippen molar-refractivity contribution in [3.8, 4) is 0 Å². The monoisotopic (exact) mass is 643 g/mol. The van der Waals surface area contributed by atoms with Crippen molar-refractivity contribution in [2.24, 2.45) is 17.2 Å². The van der Waals surface area contributed by atoms with Crippen LogP contribution in [0.2, 0.25) is 5.15 Å². The molecule has 1 fully saturated rings. The Morgan fingerprint density at radius 2 is 1.22 bits per heavy atom. The number of nitrogens with two attached hydrogens (primary N) is 3. The highest BCUT2D eigenvalue weighted by Crippen LogP contribution is 2.41. The average Bonchev–Trinajstić information content (AvgIpc) is 3.58. The number of nitrogens with zero attached hydrogens (tertiary/aromatic N) is 6. The number of aromatic nitrogens is 1. The Labute approximate surface area is 265 Å². The lowest BCUT2D eigenvalue weighted by atomic mass is 9.86. The number of carbonyl (C=O) groups excluding carboxylic acids is 3. The van der Waals surface area contributed by atoms with Crippen LogP contribution < -0.4 is 17.2 Å². The number of benzene rings is 1. The molecule has 0 aliphatic carbocycles. The molecule has 16 heteroatoms. The molecule has 1 saturated heterocycles. The van der Waals surface area contributed by atoms with Crippen LogP contribution in [0.4, 0.5) is 8.63 Å². The predicted octanol–water partition coefficient (Wildman–Crippen LogP) is -0.204. The van der Waals surface area contributed by atoms with Gasteiger partial charge in [0.1, 0.15) is 0 Å². The molecule has 0 radical (unpaired) electrons. The number of primary amides is 3. The molecule has 0 atom stereocenters. The van der Waals surface area contributed by atoms with Gasteiger partial charge < -0.3 is 34.8 Å². The number of amidine groups is 1. The van der Waals surface area contributed by atoms with E-state index in [9.17, 15) is 14.4 Å². The summed E-state index contributed by atoms with van der Waals surface area (Å²) >= 11 is 6.39. The quantitative estimate of drug-likeness (QED) is 0.354. The fourth-order valence-corrected chi connectivity index (χ4v) is 6.49. The zero-order chi connectivity index (χ0) is 32.3. The van der Waals surface area contributed by atoms with Gasteiger partial charge in [-0.1, -0.05) is 41.9 Å². The largest absolute Gasteiger partial charge is 0.640 e. The second-order valence-corrected chi connectivity index (χ2v) is 11.8. The molecule has 2 aromatic rings. The molecule has 0 unspecified atom stereocenters. The topological polar surface area (TPSA) is 150 Å². The highest BCUT2D eigenvalue weighted by molar-refractivity contribution is 6.59. The summed E-state index contributed by atoms with van der Waals surface area (Å²) in [5.74, 6) is -1.30. The van der Waals surface area contributed by atoms with Gasteiger partial charge in [0.15, 0.2) is 0 Å². The highest BCUT2D eigenvalue weighted by atomic mass is 35.5. The van der Waals surface area contributed by atoms with Gasteiger partial charge in [-0.15, -0.1) is 0 Å². The van der Waals surface area contributed by atoms with Crippen LogP contribution in [0.1, 0.15) is 11.3 Å². The first kappa shape index (κ1) is 32.4. The number of fused-ring (bicyclic) bond motifs is 2. The summed E-state index contributed by atoms with van der Waals surface area (Å²) in [7, 11) is 0. The number of hydrogen-bond donors (Lipinski definition) is 3. The number of rotatable bonds is 7. The number of carbonyl (C=O) groups is 3. The van der Waals surface area contributed by atoms with E-state index >= 15 is 8.63 Å². The standard InChI is InChI=1S/C29H37BClF2N9O3/c31-24-8-6-22-29(21-4-2-1-3-5-21)23-7-9-28(42(23)30(32,33)41(22)24)40-16-14-38(19-26(35)44)12-10-37(18-25(34)43)11-13-39(15-17-40)20-27(36)45/h1-9H,10-20H2,(H2,34,43)(H2,35,44)(H2,36,45). The summed E-state index contributed by atoms with van der Waals surface area (Å²) in [5.41, 5.74) is 18.6. The van der Waals surface area contributed by atoms with Crippen LogP contribution in [0.15, 0.2) is 60.3 Å². The Balaban J connectivity index is 1.56. The first-order valence-corrected chi connectivity index (χ1v) is 15.1. The normalized spacial score (nSPS) is 20.0. The molecular weight excluding hydrogens is 607 g/mol. The molecule has 4 heterocycles. The Bertz CT molecular complexity index is 1530. The number of hydrogen-bond acceptors (Lipinski definition) is 7. The summed E-state index contributed by atoms with van der Waals surface area (Å²) < 4.78 is 35.1. The molecule has 3 aliphatic heterocycles. The minimum atomic E-state index is -4.40. The van der Waals surface area contributed by atoms with Gasteiger partial charge in [0.2, 0.25) is 23.6 Å². The number of halogens is 3. The van der Waals surface area contributed by atoms with Crippen molar-refractivity contribution in [3.05, 3.63) is 76.7 Å². The molecule has 6 N–H and O–H groups in total. The fraction of sp³-hybridized carbons (Fsp3) is 0.379. The van der Waals surface area contributed by atoms with Gasteiger partial charge >= 0.3 is 6.97 Å². The van der Waals surface area contributed by atoms with E-state index in [-0.39, 0.29) is 43.7 Å². The van der Waals surface area contributed by atoms with E-state index in [4.69, 9.17) is 28.8 Å². The Morgan fingerprint density at radius 1 is 0.733 bits per heavy atom. The van der Waals surface area contributed by atoms with Gasteiger partial charge in [0.05, 0.1) is 43.6 Å². The van der Waals surface area contributed by atoms with E-state index in [1.54, 1.807) is 18.2 Å². The van der Waals surface area contributed by atoms with Gasteiger partial charge in [0, 0.05) is 56.6 Å². The molecule has 240 valence electrons. The van der Waals surface area contributed by atoms with Gasteiger partial charge in [-0.05, 0) is 23.8 Å². The van der Waals surface area contributed by atoms with E-state index < -0.39 is 24.7 Å². The second-order valence-electron chi connectivity index (χ2n) is 11.4. The zero-order valence-electron chi connectivity index (χ0n) is 24.8. The van der Waals surface area contributed by atoms with Crippen LogP contribution in [0.25, 0.3) is 5.57 Å². The molecular formula is C29H37BClF2N9O3. The maximum absolute atomic E-state index is 16.6. The maximum Gasteiger partial charge on any atom is 0.640 e.